The normalized spacial score (nSPS) is 13.6. The highest BCUT2D eigenvalue weighted by Crippen LogP contribution is 2.18. The van der Waals surface area contributed by atoms with Gasteiger partial charge in [-0.15, -0.1) is 0 Å². The second-order valence-electron chi connectivity index (χ2n) is 5.32. The Morgan fingerprint density at radius 3 is 2.81 bits per heavy atom. The third kappa shape index (κ3) is 4.72. The number of nitrogens with one attached hydrogen (secondary N) is 1. The molecule has 5 nitrogen and oxygen atoms in total. The van der Waals surface area contributed by atoms with Crippen LogP contribution in [0.5, 0.6) is 0 Å². The summed E-state index contributed by atoms with van der Waals surface area (Å²) in [4.78, 5) is 15.8. The van der Waals surface area contributed by atoms with Gasteiger partial charge in [0.15, 0.2) is 0 Å². The summed E-state index contributed by atoms with van der Waals surface area (Å²) in [6.07, 6.45) is 6.51. The standard InChI is InChI=1S/C16H21N3O2/c1-16(21,14-6-3-2-4-7-14)12-18-15(20)8-5-10-19-11-9-17-13-19/h2-4,6-7,9,11,13,21H,5,8,10,12H2,1H3,(H,18,20). The van der Waals surface area contributed by atoms with Gasteiger partial charge in [-0.25, -0.2) is 4.98 Å². The SMILES string of the molecule is CC(O)(CNC(=O)CCCn1ccnc1)c1ccccc1. The molecule has 0 aliphatic heterocycles. The molecule has 0 spiro atoms. The topological polar surface area (TPSA) is 67.2 Å². The van der Waals surface area contributed by atoms with Crippen molar-refractivity contribution >= 4 is 5.91 Å². The smallest absolute Gasteiger partial charge is 0.220 e. The second-order valence-corrected chi connectivity index (χ2v) is 5.32. The van der Waals surface area contributed by atoms with Gasteiger partial charge in [0.2, 0.25) is 5.91 Å². The molecule has 2 N–H and O–H groups in total. The van der Waals surface area contributed by atoms with Gasteiger partial charge < -0.3 is 15.0 Å². The second kappa shape index (κ2) is 7.04. The van der Waals surface area contributed by atoms with Crippen LogP contribution in [-0.4, -0.2) is 27.1 Å². The predicted octanol–water partition coefficient (Wildman–Crippen LogP) is 1.69. The van der Waals surface area contributed by atoms with Crippen molar-refractivity contribution in [2.24, 2.45) is 0 Å². The number of hydrogen-bond donors (Lipinski definition) is 2. The van der Waals surface area contributed by atoms with Crippen LogP contribution in [0.25, 0.3) is 0 Å². The predicted molar refractivity (Wildman–Crippen MR) is 80.5 cm³/mol. The molecule has 1 heterocycles. The van der Waals surface area contributed by atoms with E-state index in [1.54, 1.807) is 19.4 Å². The Kier molecular flexibility index (Phi) is 5.11. The molecule has 5 heteroatoms. The Balaban J connectivity index is 1.73. The van der Waals surface area contributed by atoms with Crippen molar-refractivity contribution in [2.75, 3.05) is 6.54 Å². The summed E-state index contributed by atoms with van der Waals surface area (Å²) >= 11 is 0. The lowest BCUT2D eigenvalue weighted by Crippen LogP contribution is -2.38. The van der Waals surface area contributed by atoms with E-state index >= 15 is 0 Å². The van der Waals surface area contributed by atoms with Gasteiger partial charge >= 0.3 is 0 Å². The minimum atomic E-state index is -1.05. The number of rotatable bonds is 7. The van der Waals surface area contributed by atoms with Gasteiger partial charge in [-0.2, -0.15) is 0 Å². The summed E-state index contributed by atoms with van der Waals surface area (Å²) in [6, 6.07) is 9.35. The van der Waals surface area contributed by atoms with Crippen molar-refractivity contribution in [3.05, 3.63) is 54.6 Å². The van der Waals surface area contributed by atoms with E-state index in [2.05, 4.69) is 10.3 Å². The van der Waals surface area contributed by atoms with Crippen LogP contribution >= 0.6 is 0 Å². The van der Waals surface area contributed by atoms with E-state index in [0.29, 0.717) is 6.42 Å². The van der Waals surface area contributed by atoms with E-state index in [1.807, 2.05) is 41.1 Å². The minimum absolute atomic E-state index is 0.0497. The maximum absolute atomic E-state index is 11.8. The Labute approximate surface area is 124 Å². The van der Waals surface area contributed by atoms with Crippen molar-refractivity contribution in [2.45, 2.75) is 31.9 Å². The number of amides is 1. The lowest BCUT2D eigenvalue weighted by Gasteiger charge is -2.24. The number of hydrogen-bond acceptors (Lipinski definition) is 3. The van der Waals surface area contributed by atoms with Crippen molar-refractivity contribution in [3.63, 3.8) is 0 Å². The summed E-state index contributed by atoms with van der Waals surface area (Å²) in [6.45, 7) is 2.68. The first-order valence-electron chi connectivity index (χ1n) is 7.08. The van der Waals surface area contributed by atoms with Gasteiger partial charge in [-0.1, -0.05) is 30.3 Å². The minimum Gasteiger partial charge on any atom is -0.384 e. The van der Waals surface area contributed by atoms with Crippen LogP contribution in [0.15, 0.2) is 49.1 Å². The fraction of sp³-hybridized carbons (Fsp3) is 0.375. The summed E-state index contributed by atoms with van der Waals surface area (Å²) in [5.41, 5.74) is -0.259. The third-order valence-corrected chi connectivity index (χ3v) is 3.40. The first-order chi connectivity index (χ1) is 10.1. The number of carbonyl (C=O) groups is 1. The summed E-state index contributed by atoms with van der Waals surface area (Å²) < 4.78 is 1.94. The average molecular weight is 287 g/mol. The molecule has 0 radical (unpaired) electrons. The van der Waals surface area contributed by atoms with Gasteiger partial charge in [0.05, 0.1) is 12.9 Å². The highest BCUT2D eigenvalue weighted by molar-refractivity contribution is 5.75. The molecule has 0 fully saturated rings. The van der Waals surface area contributed by atoms with Gasteiger partial charge in [-0.3, -0.25) is 4.79 Å². The van der Waals surface area contributed by atoms with E-state index in [-0.39, 0.29) is 12.5 Å². The van der Waals surface area contributed by atoms with Crippen molar-refractivity contribution in [1.82, 2.24) is 14.9 Å². The fourth-order valence-electron chi connectivity index (χ4n) is 2.10. The molecule has 1 aromatic heterocycles. The number of carbonyl (C=O) groups excluding carboxylic acids is 1. The number of aryl methyl sites for hydroxylation is 1. The molecule has 2 aromatic rings. The maximum Gasteiger partial charge on any atom is 0.220 e. The zero-order valence-electron chi connectivity index (χ0n) is 12.2. The van der Waals surface area contributed by atoms with Crippen LogP contribution < -0.4 is 5.32 Å². The van der Waals surface area contributed by atoms with E-state index in [0.717, 1.165) is 18.5 Å². The van der Waals surface area contributed by atoms with Crippen LogP contribution in [-0.2, 0) is 16.9 Å². The molecule has 1 atom stereocenters. The van der Waals surface area contributed by atoms with Gasteiger partial charge in [0, 0.05) is 25.4 Å². The lowest BCUT2D eigenvalue weighted by molar-refractivity contribution is -0.122. The molecular weight excluding hydrogens is 266 g/mol. The molecule has 1 aromatic carbocycles. The van der Waals surface area contributed by atoms with Crippen LogP contribution in [0.4, 0.5) is 0 Å². The molecule has 0 saturated heterocycles. The summed E-state index contributed by atoms with van der Waals surface area (Å²) in [5.74, 6) is -0.0497. The zero-order valence-corrected chi connectivity index (χ0v) is 12.2. The molecule has 21 heavy (non-hydrogen) atoms. The highest BCUT2D eigenvalue weighted by Gasteiger charge is 2.23. The number of aromatic nitrogens is 2. The Hall–Kier alpha value is -2.14. The van der Waals surface area contributed by atoms with Crippen molar-refractivity contribution in [3.8, 4) is 0 Å². The molecular formula is C16H21N3O2. The Morgan fingerprint density at radius 2 is 2.14 bits per heavy atom. The van der Waals surface area contributed by atoms with Gasteiger partial charge in [0.1, 0.15) is 5.60 Å². The van der Waals surface area contributed by atoms with Gasteiger partial charge in [-0.05, 0) is 18.9 Å². The number of imidazole rings is 1. The Morgan fingerprint density at radius 1 is 1.38 bits per heavy atom. The maximum atomic E-state index is 11.8. The molecule has 112 valence electrons. The monoisotopic (exact) mass is 287 g/mol. The van der Waals surface area contributed by atoms with Crippen molar-refractivity contribution < 1.29 is 9.90 Å². The van der Waals surface area contributed by atoms with E-state index in [9.17, 15) is 9.90 Å². The van der Waals surface area contributed by atoms with E-state index < -0.39 is 5.60 Å². The molecule has 1 unspecified atom stereocenters. The first-order valence-corrected chi connectivity index (χ1v) is 7.08. The van der Waals surface area contributed by atoms with E-state index in [4.69, 9.17) is 0 Å². The Bertz CT molecular complexity index is 550. The molecule has 0 saturated carbocycles. The van der Waals surface area contributed by atoms with Crippen LogP contribution in [0.2, 0.25) is 0 Å². The van der Waals surface area contributed by atoms with Crippen LogP contribution in [0.3, 0.4) is 0 Å². The van der Waals surface area contributed by atoms with Gasteiger partial charge in [0.25, 0.3) is 0 Å². The largest absolute Gasteiger partial charge is 0.384 e. The van der Waals surface area contributed by atoms with Crippen LogP contribution in [0.1, 0.15) is 25.3 Å². The lowest BCUT2D eigenvalue weighted by atomic mass is 9.96. The average Bonchev–Trinajstić information content (AvgIpc) is 2.99. The molecule has 2 rings (SSSR count). The highest BCUT2D eigenvalue weighted by atomic mass is 16.3. The third-order valence-electron chi connectivity index (χ3n) is 3.40. The molecule has 0 aliphatic rings. The number of benzene rings is 1. The zero-order chi connectivity index (χ0) is 15.1. The van der Waals surface area contributed by atoms with Crippen molar-refractivity contribution in [1.29, 1.82) is 0 Å². The fourth-order valence-corrected chi connectivity index (χ4v) is 2.10. The van der Waals surface area contributed by atoms with E-state index in [1.165, 1.54) is 0 Å². The molecule has 0 aliphatic carbocycles. The summed E-state index contributed by atoms with van der Waals surface area (Å²) in [5, 5.41) is 13.2. The molecule has 0 bridgehead atoms. The first kappa shape index (κ1) is 15.3. The van der Waals surface area contributed by atoms with Crippen LogP contribution in [0, 0.1) is 0 Å². The quantitative estimate of drug-likeness (QED) is 0.814. The molecule has 1 amide bonds. The number of aliphatic hydroxyl groups is 1. The summed E-state index contributed by atoms with van der Waals surface area (Å²) in [7, 11) is 0. The number of nitrogens with zero attached hydrogens (tertiary/aromatic N) is 2.